The van der Waals surface area contributed by atoms with Crippen LogP contribution in [0.25, 0.3) is 16.9 Å². The van der Waals surface area contributed by atoms with Gasteiger partial charge in [0.25, 0.3) is 0 Å². The van der Waals surface area contributed by atoms with Crippen LogP contribution in [0.2, 0.25) is 0 Å². The third kappa shape index (κ3) is 3.85. The molecule has 0 aliphatic heterocycles. The maximum Gasteiger partial charge on any atom is 0.180 e. The molecule has 5 rings (SSSR count). The highest BCUT2D eigenvalue weighted by molar-refractivity contribution is 5.74. The zero-order valence-corrected chi connectivity index (χ0v) is 18.0. The zero-order chi connectivity index (χ0) is 22.1. The van der Waals surface area contributed by atoms with E-state index in [1.807, 2.05) is 48.4 Å². The Hall–Kier alpha value is -4.00. The van der Waals surface area contributed by atoms with E-state index in [9.17, 15) is 4.39 Å². The average Bonchev–Trinajstić information content (AvgIpc) is 3.42. The van der Waals surface area contributed by atoms with Gasteiger partial charge in [-0.15, -0.1) is 0 Å². The quantitative estimate of drug-likeness (QED) is 0.407. The molecule has 0 atom stereocenters. The third-order valence-electron chi connectivity index (χ3n) is 5.59. The summed E-state index contributed by atoms with van der Waals surface area (Å²) in [5.41, 5.74) is 7.17. The van der Waals surface area contributed by atoms with Crippen LogP contribution in [0.5, 0.6) is 0 Å². The number of imidazole rings is 1. The Bertz CT molecular complexity index is 1380. The lowest BCUT2D eigenvalue weighted by atomic mass is 9.97. The highest BCUT2D eigenvalue weighted by atomic mass is 19.1. The fourth-order valence-corrected chi connectivity index (χ4v) is 3.95. The van der Waals surface area contributed by atoms with Gasteiger partial charge in [0.15, 0.2) is 11.5 Å². The molecule has 0 saturated carbocycles. The van der Waals surface area contributed by atoms with Crippen LogP contribution in [0, 0.1) is 5.82 Å². The van der Waals surface area contributed by atoms with E-state index in [1.165, 1.54) is 23.3 Å². The molecule has 5 aromatic rings. The highest BCUT2D eigenvalue weighted by Gasteiger charge is 2.12. The number of hydrogen-bond acceptors (Lipinski definition) is 4. The SMILES string of the molecule is CCc1ccc(Nc2nccn3c(-c4cnn(C)c4)cnc23)cc1Cc1ccc(F)cc1. The van der Waals surface area contributed by atoms with Crippen molar-refractivity contribution in [1.82, 2.24) is 24.1 Å². The van der Waals surface area contributed by atoms with Crippen LogP contribution in [0.3, 0.4) is 0 Å². The molecule has 3 aromatic heterocycles. The van der Waals surface area contributed by atoms with Crippen molar-refractivity contribution in [2.45, 2.75) is 19.8 Å². The van der Waals surface area contributed by atoms with Gasteiger partial charge in [0.05, 0.1) is 18.1 Å². The van der Waals surface area contributed by atoms with Crippen LogP contribution < -0.4 is 5.32 Å². The Morgan fingerprint density at radius 2 is 1.84 bits per heavy atom. The van der Waals surface area contributed by atoms with Crippen molar-refractivity contribution in [3.8, 4) is 11.3 Å². The Kier molecular flexibility index (Phi) is 5.15. The maximum atomic E-state index is 13.3. The number of rotatable bonds is 6. The minimum Gasteiger partial charge on any atom is -0.337 e. The molecule has 7 heteroatoms. The molecular formula is C25H23FN6. The Morgan fingerprint density at radius 3 is 2.59 bits per heavy atom. The summed E-state index contributed by atoms with van der Waals surface area (Å²) in [6.45, 7) is 2.14. The van der Waals surface area contributed by atoms with E-state index in [4.69, 9.17) is 0 Å². The summed E-state index contributed by atoms with van der Waals surface area (Å²) < 4.78 is 17.1. The van der Waals surface area contributed by atoms with Crippen molar-refractivity contribution in [2.24, 2.45) is 7.05 Å². The van der Waals surface area contributed by atoms with Crippen LogP contribution >= 0.6 is 0 Å². The first-order chi connectivity index (χ1) is 15.6. The number of aryl methyl sites for hydroxylation is 2. The van der Waals surface area contributed by atoms with E-state index in [2.05, 4.69) is 45.5 Å². The topological polar surface area (TPSA) is 60.0 Å². The van der Waals surface area contributed by atoms with Gasteiger partial charge < -0.3 is 5.32 Å². The van der Waals surface area contributed by atoms with Crippen molar-refractivity contribution in [1.29, 1.82) is 0 Å². The van der Waals surface area contributed by atoms with Gasteiger partial charge >= 0.3 is 0 Å². The summed E-state index contributed by atoms with van der Waals surface area (Å²) in [6, 6.07) is 13.0. The van der Waals surface area contributed by atoms with Crippen molar-refractivity contribution < 1.29 is 4.39 Å². The van der Waals surface area contributed by atoms with Crippen LogP contribution in [0.4, 0.5) is 15.9 Å². The van der Waals surface area contributed by atoms with E-state index in [-0.39, 0.29) is 5.82 Å². The second kappa shape index (κ2) is 8.26. The molecule has 3 heterocycles. The first-order valence-electron chi connectivity index (χ1n) is 10.5. The molecule has 0 bridgehead atoms. The fourth-order valence-electron chi connectivity index (χ4n) is 3.95. The van der Waals surface area contributed by atoms with Gasteiger partial charge in [0.2, 0.25) is 0 Å². The predicted octanol–water partition coefficient (Wildman–Crippen LogP) is 5.17. The van der Waals surface area contributed by atoms with Gasteiger partial charge in [-0.05, 0) is 53.8 Å². The first-order valence-corrected chi connectivity index (χ1v) is 10.5. The summed E-state index contributed by atoms with van der Waals surface area (Å²) in [7, 11) is 1.89. The molecule has 6 nitrogen and oxygen atoms in total. The number of nitrogens with one attached hydrogen (secondary N) is 1. The molecule has 2 aromatic carbocycles. The van der Waals surface area contributed by atoms with Gasteiger partial charge in [-0.25, -0.2) is 14.4 Å². The molecule has 0 aliphatic carbocycles. The monoisotopic (exact) mass is 426 g/mol. The molecule has 160 valence electrons. The molecule has 0 saturated heterocycles. The van der Waals surface area contributed by atoms with E-state index < -0.39 is 0 Å². The zero-order valence-electron chi connectivity index (χ0n) is 18.0. The Labute approximate surface area is 185 Å². The lowest BCUT2D eigenvalue weighted by Gasteiger charge is -2.13. The molecular weight excluding hydrogens is 403 g/mol. The minimum atomic E-state index is -0.218. The molecule has 0 spiro atoms. The second-order valence-corrected chi connectivity index (χ2v) is 7.78. The first kappa shape index (κ1) is 19.9. The number of aromatic nitrogens is 5. The standard InChI is InChI=1S/C25H23FN6/c1-3-18-6-9-22(13-19(18)12-17-4-7-21(26)8-5-17)30-24-25-28-15-23(32(25)11-10-27-24)20-14-29-31(2)16-20/h4-11,13-16H,3,12H2,1-2H3,(H,27,30). The molecule has 0 amide bonds. The van der Waals surface area contributed by atoms with Crippen molar-refractivity contribution >= 4 is 17.2 Å². The van der Waals surface area contributed by atoms with Gasteiger partial charge in [0.1, 0.15) is 5.82 Å². The smallest absolute Gasteiger partial charge is 0.180 e. The maximum absolute atomic E-state index is 13.3. The van der Waals surface area contributed by atoms with Crippen LogP contribution in [-0.2, 0) is 19.9 Å². The molecule has 0 radical (unpaired) electrons. The molecule has 0 aliphatic rings. The van der Waals surface area contributed by atoms with Crippen LogP contribution in [-0.4, -0.2) is 24.1 Å². The summed E-state index contributed by atoms with van der Waals surface area (Å²) in [6.07, 6.45) is 10.9. The summed E-state index contributed by atoms with van der Waals surface area (Å²) >= 11 is 0. The minimum absolute atomic E-state index is 0.218. The highest BCUT2D eigenvalue weighted by Crippen LogP contribution is 2.26. The Morgan fingerprint density at radius 1 is 1.00 bits per heavy atom. The number of anilines is 2. The average molecular weight is 426 g/mol. The van der Waals surface area contributed by atoms with Gasteiger partial charge in [-0.2, -0.15) is 5.10 Å². The Balaban J connectivity index is 1.47. The fraction of sp³-hybridized carbons (Fsp3) is 0.160. The molecule has 0 unspecified atom stereocenters. The van der Waals surface area contributed by atoms with E-state index >= 15 is 0 Å². The predicted molar refractivity (Wildman–Crippen MR) is 123 cm³/mol. The lowest BCUT2D eigenvalue weighted by Crippen LogP contribution is -2.01. The summed E-state index contributed by atoms with van der Waals surface area (Å²) in [4.78, 5) is 9.12. The van der Waals surface area contributed by atoms with Gasteiger partial charge in [-0.1, -0.05) is 25.1 Å². The van der Waals surface area contributed by atoms with E-state index in [0.29, 0.717) is 5.82 Å². The lowest BCUT2D eigenvalue weighted by molar-refractivity contribution is 0.627. The molecule has 32 heavy (non-hydrogen) atoms. The van der Waals surface area contributed by atoms with E-state index in [1.54, 1.807) is 10.9 Å². The van der Waals surface area contributed by atoms with Gasteiger partial charge in [0, 0.05) is 36.9 Å². The largest absolute Gasteiger partial charge is 0.337 e. The number of hydrogen-bond donors (Lipinski definition) is 1. The summed E-state index contributed by atoms with van der Waals surface area (Å²) in [5, 5.41) is 7.69. The third-order valence-corrected chi connectivity index (χ3v) is 5.59. The van der Waals surface area contributed by atoms with Crippen molar-refractivity contribution in [3.05, 3.63) is 96.0 Å². The number of benzene rings is 2. The second-order valence-electron chi connectivity index (χ2n) is 7.78. The van der Waals surface area contributed by atoms with Crippen LogP contribution in [0.15, 0.2) is 73.4 Å². The van der Waals surface area contributed by atoms with Gasteiger partial charge in [-0.3, -0.25) is 9.08 Å². The van der Waals surface area contributed by atoms with Crippen molar-refractivity contribution in [2.75, 3.05) is 5.32 Å². The van der Waals surface area contributed by atoms with Crippen LogP contribution in [0.1, 0.15) is 23.6 Å². The van der Waals surface area contributed by atoms with Crippen molar-refractivity contribution in [3.63, 3.8) is 0 Å². The van der Waals surface area contributed by atoms with E-state index in [0.717, 1.165) is 41.0 Å². The molecule has 1 N–H and O–H groups in total. The molecule has 0 fully saturated rings. The normalized spacial score (nSPS) is 11.2. The summed E-state index contributed by atoms with van der Waals surface area (Å²) in [5.74, 6) is 0.462. The number of nitrogens with zero attached hydrogens (tertiary/aromatic N) is 5. The number of fused-ring (bicyclic) bond motifs is 1. The number of halogens is 1.